The molecule has 0 atom stereocenters. The lowest BCUT2D eigenvalue weighted by Crippen LogP contribution is -2.28. The Labute approximate surface area is 70.0 Å². The summed E-state index contributed by atoms with van der Waals surface area (Å²) in [6.07, 6.45) is 0.303. The van der Waals surface area contributed by atoms with E-state index in [0.29, 0.717) is 6.42 Å². The van der Waals surface area contributed by atoms with Crippen molar-refractivity contribution in [2.75, 3.05) is 13.7 Å². The molecule has 1 heterocycles. The van der Waals surface area contributed by atoms with Gasteiger partial charge >= 0.3 is 5.97 Å². The van der Waals surface area contributed by atoms with Crippen molar-refractivity contribution < 1.29 is 14.3 Å². The lowest BCUT2D eigenvalue weighted by atomic mass is 10.3. The second-order valence-electron chi connectivity index (χ2n) is 2.54. The predicted octanol–water partition coefficient (Wildman–Crippen LogP) is -0.232. The maximum absolute atomic E-state index is 11.0. The summed E-state index contributed by atoms with van der Waals surface area (Å²) >= 11 is 0. The van der Waals surface area contributed by atoms with Crippen LogP contribution < -0.4 is 0 Å². The number of nitrogens with zero attached hydrogens (tertiary/aromatic N) is 2. The number of methoxy groups -OCH3 is 1. The standard InChI is InChI=1S/C7H10N2O3/c1-5-3-6(10)9(8-5)4-7(11)12-2/h3-4H2,1-2H3. The molecule has 1 rings (SSSR count). The van der Waals surface area contributed by atoms with Crippen LogP contribution >= 0.6 is 0 Å². The number of hydrazone groups is 1. The number of esters is 1. The fraction of sp³-hybridized carbons (Fsp3) is 0.571. The van der Waals surface area contributed by atoms with Crippen LogP contribution in [0.25, 0.3) is 0 Å². The van der Waals surface area contributed by atoms with E-state index in [2.05, 4.69) is 9.84 Å². The van der Waals surface area contributed by atoms with Crippen LogP contribution in [0.3, 0.4) is 0 Å². The largest absolute Gasteiger partial charge is 0.468 e. The smallest absolute Gasteiger partial charge is 0.327 e. The first kappa shape index (κ1) is 8.70. The molecule has 0 saturated carbocycles. The van der Waals surface area contributed by atoms with E-state index in [9.17, 15) is 9.59 Å². The van der Waals surface area contributed by atoms with Crippen molar-refractivity contribution >= 4 is 17.6 Å². The average molecular weight is 170 g/mol. The Kier molecular flexibility index (Phi) is 2.42. The zero-order valence-corrected chi connectivity index (χ0v) is 7.03. The average Bonchev–Trinajstić information content (AvgIpc) is 2.30. The molecule has 5 nitrogen and oxygen atoms in total. The lowest BCUT2D eigenvalue weighted by molar-refractivity contribution is -0.146. The summed E-state index contributed by atoms with van der Waals surface area (Å²) in [4.78, 5) is 21.8. The molecule has 0 aromatic carbocycles. The molecule has 12 heavy (non-hydrogen) atoms. The number of amides is 1. The van der Waals surface area contributed by atoms with Crippen molar-refractivity contribution in [3.8, 4) is 0 Å². The topological polar surface area (TPSA) is 59.0 Å². The molecule has 0 aromatic heterocycles. The zero-order chi connectivity index (χ0) is 9.14. The minimum atomic E-state index is -0.457. The summed E-state index contributed by atoms with van der Waals surface area (Å²) in [5, 5.41) is 4.98. The van der Waals surface area contributed by atoms with Crippen LogP contribution in [0.1, 0.15) is 13.3 Å². The fourth-order valence-corrected chi connectivity index (χ4v) is 0.918. The molecule has 0 bridgehead atoms. The van der Waals surface area contributed by atoms with Crippen LogP contribution in [-0.4, -0.2) is 36.3 Å². The number of hydrogen-bond donors (Lipinski definition) is 0. The molecular formula is C7H10N2O3. The van der Waals surface area contributed by atoms with Gasteiger partial charge in [0.05, 0.1) is 13.5 Å². The summed E-state index contributed by atoms with van der Waals surface area (Å²) in [5.74, 6) is -0.611. The molecule has 5 heteroatoms. The van der Waals surface area contributed by atoms with Crippen molar-refractivity contribution in [2.24, 2.45) is 5.10 Å². The molecule has 0 unspecified atom stereocenters. The second-order valence-corrected chi connectivity index (χ2v) is 2.54. The van der Waals surface area contributed by atoms with Crippen LogP contribution in [0.4, 0.5) is 0 Å². The molecule has 0 radical (unpaired) electrons. The van der Waals surface area contributed by atoms with Crippen LogP contribution in [0.15, 0.2) is 5.10 Å². The van der Waals surface area contributed by atoms with E-state index in [1.165, 1.54) is 7.11 Å². The lowest BCUT2D eigenvalue weighted by Gasteiger charge is -2.08. The fourth-order valence-electron chi connectivity index (χ4n) is 0.918. The van der Waals surface area contributed by atoms with E-state index in [0.717, 1.165) is 10.7 Å². The summed E-state index contributed by atoms with van der Waals surface area (Å²) in [7, 11) is 1.28. The predicted molar refractivity (Wildman–Crippen MR) is 41.5 cm³/mol. The Balaban J connectivity index is 2.53. The Morgan fingerprint density at radius 1 is 1.75 bits per heavy atom. The number of carbonyl (C=O) groups is 2. The van der Waals surface area contributed by atoms with E-state index < -0.39 is 5.97 Å². The summed E-state index contributed by atoms with van der Waals surface area (Å²) in [6, 6.07) is 0. The van der Waals surface area contributed by atoms with E-state index in [-0.39, 0.29) is 12.5 Å². The Morgan fingerprint density at radius 2 is 2.42 bits per heavy atom. The van der Waals surface area contributed by atoms with E-state index in [1.54, 1.807) is 6.92 Å². The van der Waals surface area contributed by atoms with Crippen LogP contribution in [0.5, 0.6) is 0 Å². The summed E-state index contributed by atoms with van der Waals surface area (Å²) in [5.41, 5.74) is 0.726. The molecule has 0 N–H and O–H groups in total. The number of carbonyl (C=O) groups excluding carboxylic acids is 2. The molecule has 0 aromatic rings. The molecule has 1 amide bonds. The van der Waals surface area contributed by atoms with Gasteiger partial charge in [0.2, 0.25) is 5.91 Å². The van der Waals surface area contributed by atoms with Crippen LogP contribution in [0, 0.1) is 0 Å². The number of hydrogen-bond acceptors (Lipinski definition) is 4. The minimum Gasteiger partial charge on any atom is -0.468 e. The highest BCUT2D eigenvalue weighted by atomic mass is 16.5. The van der Waals surface area contributed by atoms with E-state index in [4.69, 9.17) is 0 Å². The van der Waals surface area contributed by atoms with Gasteiger partial charge in [-0.2, -0.15) is 5.10 Å². The third-order valence-electron chi connectivity index (χ3n) is 1.49. The third-order valence-corrected chi connectivity index (χ3v) is 1.49. The van der Waals surface area contributed by atoms with Gasteiger partial charge in [0.25, 0.3) is 0 Å². The molecule has 0 spiro atoms. The highest BCUT2D eigenvalue weighted by Gasteiger charge is 2.23. The van der Waals surface area contributed by atoms with Gasteiger partial charge in [-0.15, -0.1) is 0 Å². The van der Waals surface area contributed by atoms with Gasteiger partial charge in [-0.3, -0.25) is 9.59 Å². The molecular weight excluding hydrogens is 160 g/mol. The highest BCUT2D eigenvalue weighted by Crippen LogP contribution is 2.06. The maximum Gasteiger partial charge on any atom is 0.327 e. The van der Waals surface area contributed by atoms with Crippen molar-refractivity contribution in [2.45, 2.75) is 13.3 Å². The van der Waals surface area contributed by atoms with Gasteiger partial charge in [0, 0.05) is 5.71 Å². The zero-order valence-electron chi connectivity index (χ0n) is 7.03. The third kappa shape index (κ3) is 1.81. The molecule has 1 aliphatic heterocycles. The van der Waals surface area contributed by atoms with Crippen LogP contribution in [-0.2, 0) is 14.3 Å². The SMILES string of the molecule is COC(=O)CN1N=C(C)CC1=O. The number of rotatable bonds is 2. The summed E-state index contributed by atoms with van der Waals surface area (Å²) < 4.78 is 4.39. The molecule has 1 aliphatic rings. The van der Waals surface area contributed by atoms with Gasteiger partial charge < -0.3 is 4.74 Å². The highest BCUT2D eigenvalue weighted by molar-refractivity contribution is 6.04. The van der Waals surface area contributed by atoms with Gasteiger partial charge in [-0.05, 0) is 6.92 Å². The summed E-state index contributed by atoms with van der Waals surface area (Å²) in [6.45, 7) is 1.65. The second kappa shape index (κ2) is 3.34. The van der Waals surface area contributed by atoms with Crippen molar-refractivity contribution in [1.82, 2.24) is 5.01 Å². The van der Waals surface area contributed by atoms with Crippen molar-refractivity contribution in [3.05, 3.63) is 0 Å². The molecule has 0 fully saturated rings. The molecule has 0 aliphatic carbocycles. The molecule has 66 valence electrons. The monoisotopic (exact) mass is 170 g/mol. The van der Waals surface area contributed by atoms with E-state index in [1.807, 2.05) is 0 Å². The Hall–Kier alpha value is -1.39. The van der Waals surface area contributed by atoms with Crippen LogP contribution in [0.2, 0.25) is 0 Å². The Morgan fingerprint density at radius 3 is 2.83 bits per heavy atom. The van der Waals surface area contributed by atoms with Gasteiger partial charge in [-0.25, -0.2) is 5.01 Å². The Bertz CT molecular complexity index is 247. The quantitative estimate of drug-likeness (QED) is 0.538. The van der Waals surface area contributed by atoms with Gasteiger partial charge in [0.1, 0.15) is 6.54 Å². The van der Waals surface area contributed by atoms with Crippen molar-refractivity contribution in [1.29, 1.82) is 0 Å². The molecule has 0 saturated heterocycles. The van der Waals surface area contributed by atoms with Crippen molar-refractivity contribution in [3.63, 3.8) is 0 Å². The number of ether oxygens (including phenoxy) is 1. The van der Waals surface area contributed by atoms with Gasteiger partial charge in [0.15, 0.2) is 0 Å². The first-order valence-corrected chi connectivity index (χ1v) is 3.54. The maximum atomic E-state index is 11.0. The normalized spacial score (nSPS) is 16.3. The van der Waals surface area contributed by atoms with E-state index >= 15 is 0 Å². The first-order chi connectivity index (χ1) is 5.63. The van der Waals surface area contributed by atoms with Gasteiger partial charge in [-0.1, -0.05) is 0 Å². The minimum absolute atomic E-state index is 0.0906. The first-order valence-electron chi connectivity index (χ1n) is 3.54.